The number of aromatic nitrogens is 2. The first kappa shape index (κ1) is 10.5. The molecule has 0 aliphatic heterocycles. The molecule has 0 fully saturated rings. The molecule has 0 aliphatic carbocycles. The summed E-state index contributed by atoms with van der Waals surface area (Å²) in [6, 6.07) is 8.02. The van der Waals surface area contributed by atoms with Gasteiger partial charge in [-0.1, -0.05) is 11.6 Å². The first-order valence-corrected chi connectivity index (χ1v) is 5.12. The minimum Gasteiger partial charge on any atom is -0.496 e. The molecule has 1 aromatic carbocycles. The Kier molecular flexibility index (Phi) is 2.81. The lowest BCUT2D eigenvalue weighted by molar-refractivity contribution is 0.416. The molecule has 0 aliphatic rings. The van der Waals surface area contributed by atoms with Crippen LogP contribution >= 0.6 is 0 Å². The van der Waals surface area contributed by atoms with Gasteiger partial charge in [0.15, 0.2) is 0 Å². The highest BCUT2D eigenvalue weighted by atomic mass is 16.5. The fraction of sp³-hybridized carbons (Fsp3) is 0.250. The van der Waals surface area contributed by atoms with E-state index in [1.807, 2.05) is 25.2 Å². The van der Waals surface area contributed by atoms with Gasteiger partial charge in [0.1, 0.15) is 11.6 Å². The van der Waals surface area contributed by atoms with Crippen molar-refractivity contribution in [3.05, 3.63) is 29.8 Å². The fourth-order valence-electron chi connectivity index (χ4n) is 1.62. The van der Waals surface area contributed by atoms with E-state index < -0.39 is 0 Å². The average molecular weight is 217 g/mol. The quantitative estimate of drug-likeness (QED) is 0.830. The summed E-state index contributed by atoms with van der Waals surface area (Å²) in [6.45, 7) is 2.05. The van der Waals surface area contributed by atoms with Crippen LogP contribution in [0, 0.1) is 6.92 Å². The van der Waals surface area contributed by atoms with Crippen LogP contribution in [0.5, 0.6) is 5.75 Å². The molecule has 0 atom stereocenters. The highest BCUT2D eigenvalue weighted by Gasteiger charge is 2.08. The van der Waals surface area contributed by atoms with Crippen molar-refractivity contribution in [3.8, 4) is 17.0 Å². The van der Waals surface area contributed by atoms with E-state index in [2.05, 4.69) is 28.5 Å². The molecular weight excluding hydrogens is 202 g/mol. The van der Waals surface area contributed by atoms with Crippen LogP contribution in [0.25, 0.3) is 11.3 Å². The van der Waals surface area contributed by atoms with Gasteiger partial charge in [-0.2, -0.15) is 5.10 Å². The lowest BCUT2D eigenvalue weighted by Gasteiger charge is -2.07. The number of nitrogens with zero attached hydrogens (tertiary/aromatic N) is 1. The summed E-state index contributed by atoms with van der Waals surface area (Å²) in [5, 5.41) is 10.1. The van der Waals surface area contributed by atoms with Crippen LogP contribution in [-0.2, 0) is 0 Å². The Morgan fingerprint density at radius 2 is 2.12 bits per heavy atom. The maximum absolute atomic E-state index is 5.33. The van der Waals surface area contributed by atoms with E-state index in [0.29, 0.717) is 0 Å². The molecule has 2 N–H and O–H groups in total. The number of aromatic amines is 1. The van der Waals surface area contributed by atoms with Gasteiger partial charge in [0.2, 0.25) is 0 Å². The van der Waals surface area contributed by atoms with E-state index in [0.717, 1.165) is 22.8 Å². The van der Waals surface area contributed by atoms with E-state index >= 15 is 0 Å². The SMILES string of the molecule is CNc1cc(-c2cc(C)ccc2OC)[nH]n1. The molecule has 0 radical (unpaired) electrons. The van der Waals surface area contributed by atoms with Gasteiger partial charge in [-0.3, -0.25) is 5.10 Å². The number of ether oxygens (including phenoxy) is 1. The minimum atomic E-state index is 0.818. The molecule has 0 unspecified atom stereocenters. The van der Waals surface area contributed by atoms with E-state index in [9.17, 15) is 0 Å². The van der Waals surface area contributed by atoms with Crippen LogP contribution in [0.4, 0.5) is 5.82 Å². The first-order chi connectivity index (χ1) is 7.74. The Hall–Kier alpha value is -1.97. The standard InChI is InChI=1S/C12H15N3O/c1-8-4-5-11(16-3)9(6-8)10-7-12(13-2)15-14-10/h4-7H,1-3H3,(H2,13,14,15). The summed E-state index contributed by atoms with van der Waals surface area (Å²) < 4.78 is 5.33. The number of benzene rings is 1. The zero-order chi connectivity index (χ0) is 11.5. The van der Waals surface area contributed by atoms with Crippen molar-refractivity contribution in [1.29, 1.82) is 0 Å². The first-order valence-electron chi connectivity index (χ1n) is 5.12. The molecule has 84 valence electrons. The van der Waals surface area contributed by atoms with Gasteiger partial charge in [0.05, 0.1) is 12.8 Å². The van der Waals surface area contributed by atoms with E-state index in [1.54, 1.807) is 7.11 Å². The Bertz CT molecular complexity index is 491. The topological polar surface area (TPSA) is 49.9 Å². The number of H-pyrrole nitrogens is 1. The van der Waals surface area contributed by atoms with Crippen molar-refractivity contribution in [2.75, 3.05) is 19.5 Å². The molecule has 1 aromatic heterocycles. The van der Waals surface area contributed by atoms with Gasteiger partial charge in [-0.15, -0.1) is 0 Å². The number of nitrogens with one attached hydrogen (secondary N) is 2. The van der Waals surface area contributed by atoms with Gasteiger partial charge < -0.3 is 10.1 Å². The monoisotopic (exact) mass is 217 g/mol. The molecule has 0 saturated carbocycles. The molecule has 0 bridgehead atoms. The summed E-state index contributed by atoms with van der Waals surface area (Å²) in [5.74, 6) is 1.66. The molecule has 0 saturated heterocycles. The van der Waals surface area contributed by atoms with Crippen molar-refractivity contribution < 1.29 is 4.74 Å². The van der Waals surface area contributed by atoms with Crippen molar-refractivity contribution in [1.82, 2.24) is 10.2 Å². The largest absolute Gasteiger partial charge is 0.496 e. The minimum absolute atomic E-state index is 0.818. The molecule has 0 spiro atoms. The van der Waals surface area contributed by atoms with Crippen LogP contribution in [0.2, 0.25) is 0 Å². The Morgan fingerprint density at radius 3 is 2.75 bits per heavy atom. The van der Waals surface area contributed by atoms with Crippen molar-refractivity contribution in [2.45, 2.75) is 6.92 Å². The molecule has 1 heterocycles. The van der Waals surface area contributed by atoms with Crippen molar-refractivity contribution >= 4 is 5.82 Å². The highest BCUT2D eigenvalue weighted by molar-refractivity contribution is 5.70. The second-order valence-corrected chi connectivity index (χ2v) is 3.62. The van der Waals surface area contributed by atoms with Gasteiger partial charge in [0.25, 0.3) is 0 Å². The van der Waals surface area contributed by atoms with E-state index in [1.165, 1.54) is 5.56 Å². The van der Waals surface area contributed by atoms with Crippen LogP contribution in [0.15, 0.2) is 24.3 Å². The van der Waals surface area contributed by atoms with E-state index in [4.69, 9.17) is 4.74 Å². The highest BCUT2D eigenvalue weighted by Crippen LogP contribution is 2.30. The fourth-order valence-corrected chi connectivity index (χ4v) is 1.62. The molecule has 0 amide bonds. The maximum Gasteiger partial charge on any atom is 0.148 e. The molecule has 16 heavy (non-hydrogen) atoms. The van der Waals surface area contributed by atoms with Crippen LogP contribution in [-0.4, -0.2) is 24.4 Å². The summed E-state index contributed by atoms with van der Waals surface area (Å²) in [5.41, 5.74) is 3.16. The molecule has 4 heteroatoms. The normalized spacial score (nSPS) is 10.2. The zero-order valence-corrected chi connectivity index (χ0v) is 9.66. The Morgan fingerprint density at radius 1 is 1.31 bits per heavy atom. The van der Waals surface area contributed by atoms with Gasteiger partial charge >= 0.3 is 0 Å². The molecule has 2 aromatic rings. The number of rotatable bonds is 3. The van der Waals surface area contributed by atoms with Crippen LogP contribution in [0.3, 0.4) is 0 Å². The average Bonchev–Trinajstić information content (AvgIpc) is 2.77. The number of aryl methyl sites for hydroxylation is 1. The molecule has 4 nitrogen and oxygen atoms in total. The summed E-state index contributed by atoms with van der Waals surface area (Å²) in [7, 11) is 3.51. The van der Waals surface area contributed by atoms with Crippen molar-refractivity contribution in [2.24, 2.45) is 0 Å². The third kappa shape index (κ3) is 1.86. The van der Waals surface area contributed by atoms with Gasteiger partial charge in [-0.25, -0.2) is 0 Å². The van der Waals surface area contributed by atoms with Crippen molar-refractivity contribution in [3.63, 3.8) is 0 Å². The molecule has 2 rings (SSSR count). The van der Waals surface area contributed by atoms with E-state index in [-0.39, 0.29) is 0 Å². The second-order valence-electron chi connectivity index (χ2n) is 3.62. The van der Waals surface area contributed by atoms with Gasteiger partial charge in [0, 0.05) is 18.7 Å². The number of methoxy groups -OCH3 is 1. The zero-order valence-electron chi connectivity index (χ0n) is 9.66. The number of hydrogen-bond donors (Lipinski definition) is 2. The smallest absolute Gasteiger partial charge is 0.148 e. The summed E-state index contributed by atoms with van der Waals surface area (Å²) >= 11 is 0. The van der Waals surface area contributed by atoms with Crippen LogP contribution < -0.4 is 10.1 Å². The molecular formula is C12H15N3O. The predicted molar refractivity (Wildman–Crippen MR) is 64.9 cm³/mol. The van der Waals surface area contributed by atoms with Gasteiger partial charge in [-0.05, 0) is 19.1 Å². The third-order valence-corrected chi connectivity index (χ3v) is 2.48. The number of anilines is 1. The Labute approximate surface area is 94.6 Å². The Balaban J connectivity index is 2.49. The summed E-state index contributed by atoms with van der Waals surface area (Å²) in [4.78, 5) is 0. The number of hydrogen-bond acceptors (Lipinski definition) is 3. The lowest BCUT2D eigenvalue weighted by atomic mass is 10.1. The summed E-state index contributed by atoms with van der Waals surface area (Å²) in [6.07, 6.45) is 0. The second kappa shape index (κ2) is 4.26. The van der Waals surface area contributed by atoms with Crippen LogP contribution in [0.1, 0.15) is 5.56 Å². The maximum atomic E-state index is 5.33. The lowest BCUT2D eigenvalue weighted by Crippen LogP contribution is -1.89. The third-order valence-electron chi connectivity index (χ3n) is 2.48. The predicted octanol–water partition coefficient (Wildman–Crippen LogP) is 2.44.